The summed E-state index contributed by atoms with van der Waals surface area (Å²) >= 11 is 0. The van der Waals surface area contributed by atoms with Crippen LogP contribution in [-0.2, 0) is 36.7 Å². The van der Waals surface area contributed by atoms with Gasteiger partial charge in [-0.25, -0.2) is 4.79 Å². The highest BCUT2D eigenvalue weighted by molar-refractivity contribution is 5.75. The van der Waals surface area contributed by atoms with E-state index in [1.165, 1.54) is 0 Å². The molecule has 0 bridgehead atoms. The summed E-state index contributed by atoms with van der Waals surface area (Å²) in [5, 5.41) is 9.06. The van der Waals surface area contributed by atoms with Crippen molar-refractivity contribution >= 4 is 17.9 Å². The molecule has 0 amide bonds. The Hall–Kier alpha value is -2.65. The Labute approximate surface area is 225 Å². The van der Waals surface area contributed by atoms with Gasteiger partial charge in [0.2, 0.25) is 0 Å². The summed E-state index contributed by atoms with van der Waals surface area (Å²) in [6.07, 6.45) is 7.07. The van der Waals surface area contributed by atoms with Crippen molar-refractivity contribution in [1.29, 1.82) is 0 Å². The molecule has 2 aliphatic carbocycles. The van der Waals surface area contributed by atoms with Gasteiger partial charge in [0, 0.05) is 0 Å². The first-order chi connectivity index (χ1) is 18.1. The van der Waals surface area contributed by atoms with E-state index in [1.807, 2.05) is 12.1 Å². The summed E-state index contributed by atoms with van der Waals surface area (Å²) in [6.45, 7) is 5.00. The number of rotatable bonds is 14. The molecule has 1 saturated carbocycles. The van der Waals surface area contributed by atoms with E-state index < -0.39 is 30.0 Å². The normalized spacial score (nSPS) is 24.4. The summed E-state index contributed by atoms with van der Waals surface area (Å²) in [5.74, 6) is -0.572. The predicted octanol–water partition coefficient (Wildman–Crippen LogP) is 3.38. The molecule has 1 fully saturated rings. The smallest absolute Gasteiger partial charge is 0.341 e. The molecule has 5 N–H and O–H groups in total. The number of benzene rings is 1. The molecule has 0 spiro atoms. The van der Waals surface area contributed by atoms with Crippen LogP contribution < -0.4 is 16.2 Å². The van der Waals surface area contributed by atoms with E-state index in [4.69, 9.17) is 30.8 Å². The lowest BCUT2D eigenvalue weighted by Gasteiger charge is -2.33. The molecule has 9 heteroatoms. The number of nitrogens with two attached hydrogens (primary N) is 2. The first kappa shape index (κ1) is 29.9. The molecular weight excluding hydrogens is 488 g/mol. The van der Waals surface area contributed by atoms with Crippen molar-refractivity contribution in [3.8, 4) is 5.75 Å². The average molecular weight is 533 g/mol. The lowest BCUT2D eigenvalue weighted by molar-refractivity contribution is -0.153. The Kier molecular flexibility index (Phi) is 11.0. The number of carboxylic acid groups (broad SMARTS) is 1. The molecule has 1 aromatic rings. The number of carboxylic acids is 1. The maximum atomic E-state index is 12.5. The van der Waals surface area contributed by atoms with Crippen molar-refractivity contribution in [1.82, 2.24) is 0 Å². The van der Waals surface area contributed by atoms with Gasteiger partial charge in [-0.1, -0.05) is 31.9 Å². The average Bonchev–Trinajstić information content (AvgIpc) is 3.19. The van der Waals surface area contributed by atoms with Gasteiger partial charge < -0.3 is 30.8 Å². The van der Waals surface area contributed by atoms with Gasteiger partial charge in [-0.15, -0.1) is 0 Å². The molecule has 7 atom stereocenters. The number of unbranched alkanes of at least 4 members (excludes halogenated alkanes) is 2. The second-order valence-electron chi connectivity index (χ2n) is 11.0. The van der Waals surface area contributed by atoms with E-state index in [-0.39, 0.29) is 36.6 Å². The number of aliphatic carboxylic acids is 1. The second kappa shape index (κ2) is 13.9. The zero-order valence-corrected chi connectivity index (χ0v) is 22.9. The molecule has 0 aliphatic heterocycles. The first-order valence-corrected chi connectivity index (χ1v) is 14.0. The highest BCUT2D eigenvalue weighted by Gasteiger charge is 2.47. The number of hydrogen-bond acceptors (Lipinski definition) is 8. The molecule has 38 heavy (non-hydrogen) atoms. The van der Waals surface area contributed by atoms with E-state index in [0.717, 1.165) is 56.1 Å². The van der Waals surface area contributed by atoms with E-state index in [9.17, 15) is 14.4 Å². The molecule has 212 valence electrons. The summed E-state index contributed by atoms with van der Waals surface area (Å²) in [6, 6.07) is 4.39. The fraction of sp³-hybridized carbons (Fsp3) is 0.690. The van der Waals surface area contributed by atoms with E-state index in [0.29, 0.717) is 18.6 Å². The van der Waals surface area contributed by atoms with Crippen LogP contribution >= 0.6 is 0 Å². The standard InChI is InChI=1S/C29H44N2O7/c1-4-5-6-9-21(37-28(34)17(2)30)11-12-22-23-13-19-8-7-10-25(36-16-27(32)33)24(19)14-20(23)15-26(22)38-29(35)18(3)31/h7-8,10,17-18,20-23,26H,4-6,9,11-16,30-31H2,1-3H3,(H,32,33)/t17?,18?,20?,21-,22+,23?,26+/m0/s1. The zero-order chi connectivity index (χ0) is 27.8. The SMILES string of the molecule is CCCCC[C@@H](CC[C@@H]1C2Cc3cccc(OCC(=O)O)c3CC2C[C@H]1OC(=O)C(C)N)OC(=O)C(C)N. The molecule has 9 nitrogen and oxygen atoms in total. The van der Waals surface area contributed by atoms with Gasteiger partial charge in [-0.3, -0.25) is 9.59 Å². The molecule has 0 heterocycles. The number of hydrogen-bond donors (Lipinski definition) is 3. The van der Waals surface area contributed by atoms with Crippen LogP contribution in [0.2, 0.25) is 0 Å². The Balaban J connectivity index is 1.79. The second-order valence-corrected chi connectivity index (χ2v) is 11.0. The summed E-state index contributed by atoms with van der Waals surface area (Å²) in [7, 11) is 0. The van der Waals surface area contributed by atoms with Crippen LogP contribution in [0, 0.1) is 17.8 Å². The van der Waals surface area contributed by atoms with Gasteiger partial charge in [0.15, 0.2) is 6.61 Å². The number of carbonyl (C=O) groups excluding carboxylic acids is 2. The molecule has 0 radical (unpaired) electrons. The number of esters is 2. The quantitative estimate of drug-likeness (QED) is 0.242. The van der Waals surface area contributed by atoms with Crippen molar-refractivity contribution in [2.24, 2.45) is 29.2 Å². The van der Waals surface area contributed by atoms with Gasteiger partial charge in [-0.2, -0.15) is 0 Å². The Morgan fingerprint density at radius 3 is 2.45 bits per heavy atom. The molecule has 4 unspecified atom stereocenters. The minimum Gasteiger partial charge on any atom is -0.482 e. The van der Waals surface area contributed by atoms with Crippen LogP contribution in [0.3, 0.4) is 0 Å². The third-order valence-corrected chi connectivity index (χ3v) is 7.92. The molecule has 1 aromatic carbocycles. The van der Waals surface area contributed by atoms with Crippen molar-refractivity contribution in [2.75, 3.05) is 6.61 Å². The minimum absolute atomic E-state index is 0.0992. The maximum absolute atomic E-state index is 12.5. The number of carbonyl (C=O) groups is 3. The summed E-state index contributed by atoms with van der Waals surface area (Å²) in [4.78, 5) is 35.8. The maximum Gasteiger partial charge on any atom is 0.341 e. The fourth-order valence-electron chi connectivity index (χ4n) is 5.98. The molecule has 2 aliphatic rings. The summed E-state index contributed by atoms with van der Waals surface area (Å²) in [5.41, 5.74) is 13.8. The molecular formula is C29H44N2O7. The largest absolute Gasteiger partial charge is 0.482 e. The third-order valence-electron chi connectivity index (χ3n) is 7.92. The van der Waals surface area contributed by atoms with Crippen LogP contribution in [-0.4, -0.2) is 53.9 Å². The van der Waals surface area contributed by atoms with E-state index in [2.05, 4.69) is 13.0 Å². The van der Waals surface area contributed by atoms with Crippen molar-refractivity contribution in [3.63, 3.8) is 0 Å². The van der Waals surface area contributed by atoms with Crippen molar-refractivity contribution < 1.29 is 33.7 Å². The molecule has 3 rings (SSSR count). The van der Waals surface area contributed by atoms with Crippen LogP contribution in [0.15, 0.2) is 18.2 Å². The number of fused-ring (bicyclic) bond motifs is 2. The van der Waals surface area contributed by atoms with Crippen LogP contribution in [0.1, 0.15) is 76.8 Å². The minimum atomic E-state index is -1.02. The van der Waals surface area contributed by atoms with Gasteiger partial charge in [0.05, 0.1) is 0 Å². The highest BCUT2D eigenvalue weighted by Crippen LogP contribution is 2.49. The van der Waals surface area contributed by atoms with Crippen molar-refractivity contribution in [2.45, 2.75) is 103 Å². The third kappa shape index (κ3) is 7.93. The van der Waals surface area contributed by atoms with Crippen LogP contribution in [0.25, 0.3) is 0 Å². The van der Waals surface area contributed by atoms with Crippen LogP contribution in [0.4, 0.5) is 0 Å². The van der Waals surface area contributed by atoms with Gasteiger partial charge >= 0.3 is 17.9 Å². The monoisotopic (exact) mass is 532 g/mol. The van der Waals surface area contributed by atoms with Crippen molar-refractivity contribution in [3.05, 3.63) is 29.3 Å². The van der Waals surface area contributed by atoms with E-state index >= 15 is 0 Å². The van der Waals surface area contributed by atoms with Gasteiger partial charge in [-0.05, 0) is 93.7 Å². The molecule has 0 aromatic heterocycles. The van der Waals surface area contributed by atoms with Crippen LogP contribution in [0.5, 0.6) is 5.75 Å². The predicted molar refractivity (Wildman–Crippen MR) is 143 cm³/mol. The number of ether oxygens (including phenoxy) is 3. The first-order valence-electron chi connectivity index (χ1n) is 14.0. The van der Waals surface area contributed by atoms with Gasteiger partial charge in [0.1, 0.15) is 30.0 Å². The lowest BCUT2D eigenvalue weighted by Crippen LogP contribution is -2.36. The molecule has 0 saturated heterocycles. The van der Waals surface area contributed by atoms with E-state index in [1.54, 1.807) is 13.8 Å². The Morgan fingerprint density at radius 1 is 1.05 bits per heavy atom. The fourth-order valence-corrected chi connectivity index (χ4v) is 5.98. The summed E-state index contributed by atoms with van der Waals surface area (Å²) < 4.78 is 17.3. The highest BCUT2D eigenvalue weighted by atomic mass is 16.6. The lowest BCUT2D eigenvalue weighted by atomic mass is 9.73. The Bertz CT molecular complexity index is 964. The van der Waals surface area contributed by atoms with Gasteiger partial charge in [0.25, 0.3) is 0 Å². The zero-order valence-electron chi connectivity index (χ0n) is 22.9. The Morgan fingerprint density at radius 2 is 1.79 bits per heavy atom. The topological polar surface area (TPSA) is 151 Å².